The lowest BCUT2D eigenvalue weighted by atomic mass is 9.94. The number of ether oxygens (including phenoxy) is 2. The van der Waals surface area contributed by atoms with E-state index in [4.69, 9.17) is 15.2 Å². The van der Waals surface area contributed by atoms with Gasteiger partial charge >= 0.3 is 0 Å². The highest BCUT2D eigenvalue weighted by Crippen LogP contribution is 2.36. The van der Waals surface area contributed by atoms with Crippen molar-refractivity contribution in [2.45, 2.75) is 37.5 Å². The number of benzene rings is 1. The fourth-order valence-electron chi connectivity index (χ4n) is 2.63. The molecule has 0 bridgehead atoms. The Hall–Kier alpha value is -1.13. The highest BCUT2D eigenvalue weighted by atomic mass is 19.1. The third kappa shape index (κ3) is 2.03. The summed E-state index contributed by atoms with van der Waals surface area (Å²) in [6.45, 7) is 0.787. The van der Waals surface area contributed by atoms with Gasteiger partial charge in [0.2, 0.25) is 0 Å². The first-order valence-electron chi connectivity index (χ1n) is 6.07. The number of nitrogens with two attached hydrogens (primary N) is 1. The molecule has 2 aliphatic rings. The molecule has 92 valence electrons. The van der Waals surface area contributed by atoms with Crippen LogP contribution in [0, 0.1) is 5.82 Å². The van der Waals surface area contributed by atoms with Crippen molar-refractivity contribution in [3.63, 3.8) is 0 Å². The minimum atomic E-state index is -0.288. The third-order valence-electron chi connectivity index (χ3n) is 3.52. The highest BCUT2D eigenvalue weighted by molar-refractivity contribution is 5.38. The molecule has 2 N–H and O–H groups in total. The fraction of sp³-hybridized carbons (Fsp3) is 0.538. The molecule has 2 heterocycles. The average molecular weight is 237 g/mol. The molecule has 0 aromatic heterocycles. The predicted molar refractivity (Wildman–Crippen MR) is 61.3 cm³/mol. The number of rotatable bonds is 1. The van der Waals surface area contributed by atoms with Gasteiger partial charge in [-0.2, -0.15) is 0 Å². The van der Waals surface area contributed by atoms with E-state index in [2.05, 4.69) is 0 Å². The van der Waals surface area contributed by atoms with E-state index >= 15 is 0 Å². The van der Waals surface area contributed by atoms with Crippen molar-refractivity contribution in [2.75, 3.05) is 6.61 Å². The second-order valence-corrected chi connectivity index (χ2v) is 4.73. The monoisotopic (exact) mass is 237 g/mol. The Balaban J connectivity index is 1.85. The van der Waals surface area contributed by atoms with Gasteiger partial charge in [-0.3, -0.25) is 0 Å². The van der Waals surface area contributed by atoms with E-state index in [9.17, 15) is 4.39 Å². The molecule has 4 heteroatoms. The van der Waals surface area contributed by atoms with Gasteiger partial charge in [0.1, 0.15) is 17.7 Å². The van der Waals surface area contributed by atoms with Crippen LogP contribution in [0.1, 0.15) is 30.9 Å². The topological polar surface area (TPSA) is 44.5 Å². The standard InChI is InChI=1S/C13H16FNO2/c14-8-3-4-9-10(15)7-13(17-12(9)6-8)11-2-1-5-16-11/h3-4,6,10-11,13H,1-2,5,7,15H2/t10-,11?,13?/m1/s1. The lowest BCUT2D eigenvalue weighted by Crippen LogP contribution is -2.38. The zero-order valence-electron chi connectivity index (χ0n) is 9.56. The van der Waals surface area contributed by atoms with Gasteiger partial charge in [0.15, 0.2) is 0 Å². The minimum Gasteiger partial charge on any atom is -0.487 e. The van der Waals surface area contributed by atoms with E-state index in [1.807, 2.05) is 0 Å². The highest BCUT2D eigenvalue weighted by Gasteiger charge is 2.34. The zero-order chi connectivity index (χ0) is 11.8. The van der Waals surface area contributed by atoms with Crippen molar-refractivity contribution in [1.82, 2.24) is 0 Å². The molecule has 17 heavy (non-hydrogen) atoms. The summed E-state index contributed by atoms with van der Waals surface area (Å²) in [4.78, 5) is 0. The summed E-state index contributed by atoms with van der Waals surface area (Å²) in [6, 6.07) is 4.46. The molecular formula is C13H16FNO2. The molecule has 1 saturated heterocycles. The van der Waals surface area contributed by atoms with Gasteiger partial charge in [-0.25, -0.2) is 4.39 Å². The normalized spacial score (nSPS) is 32.0. The van der Waals surface area contributed by atoms with Crippen LogP contribution in [-0.4, -0.2) is 18.8 Å². The molecule has 3 nitrogen and oxygen atoms in total. The predicted octanol–water partition coefficient (Wildman–Crippen LogP) is 2.16. The molecule has 3 atom stereocenters. The van der Waals surface area contributed by atoms with Gasteiger partial charge in [-0.15, -0.1) is 0 Å². The first kappa shape index (κ1) is 11.0. The van der Waals surface area contributed by atoms with Crippen molar-refractivity contribution in [3.8, 4) is 5.75 Å². The van der Waals surface area contributed by atoms with Gasteiger partial charge in [0.05, 0.1) is 6.10 Å². The molecule has 1 aromatic carbocycles. The number of hydrogen-bond donors (Lipinski definition) is 1. The summed E-state index contributed by atoms with van der Waals surface area (Å²) >= 11 is 0. The Morgan fingerprint density at radius 2 is 2.18 bits per heavy atom. The van der Waals surface area contributed by atoms with E-state index in [0.717, 1.165) is 31.4 Å². The summed E-state index contributed by atoms with van der Waals surface area (Å²) in [5.74, 6) is 0.285. The number of halogens is 1. The lowest BCUT2D eigenvalue weighted by Gasteiger charge is -2.33. The van der Waals surface area contributed by atoms with Crippen molar-refractivity contribution >= 4 is 0 Å². The fourth-order valence-corrected chi connectivity index (χ4v) is 2.63. The van der Waals surface area contributed by atoms with Gasteiger partial charge in [0, 0.05) is 30.7 Å². The second-order valence-electron chi connectivity index (χ2n) is 4.73. The van der Waals surface area contributed by atoms with E-state index in [1.54, 1.807) is 6.07 Å². The molecule has 3 rings (SSSR count). The first-order valence-corrected chi connectivity index (χ1v) is 6.07. The first-order chi connectivity index (χ1) is 8.24. The maximum Gasteiger partial charge on any atom is 0.127 e. The average Bonchev–Trinajstić information content (AvgIpc) is 2.81. The van der Waals surface area contributed by atoms with E-state index in [-0.39, 0.29) is 24.1 Å². The molecule has 2 unspecified atom stereocenters. The third-order valence-corrected chi connectivity index (χ3v) is 3.52. The Morgan fingerprint density at radius 1 is 1.29 bits per heavy atom. The molecule has 1 fully saturated rings. The molecule has 2 aliphatic heterocycles. The minimum absolute atomic E-state index is 0.0400. The Bertz CT molecular complexity index is 418. The summed E-state index contributed by atoms with van der Waals surface area (Å²) in [7, 11) is 0. The van der Waals surface area contributed by atoms with Crippen molar-refractivity contribution in [3.05, 3.63) is 29.6 Å². The van der Waals surface area contributed by atoms with Crippen LogP contribution in [-0.2, 0) is 4.74 Å². The maximum atomic E-state index is 13.2. The lowest BCUT2D eigenvalue weighted by molar-refractivity contribution is -0.00211. The molecule has 0 radical (unpaired) electrons. The van der Waals surface area contributed by atoms with Crippen LogP contribution >= 0.6 is 0 Å². The van der Waals surface area contributed by atoms with Crippen LogP contribution in [0.4, 0.5) is 4.39 Å². The zero-order valence-corrected chi connectivity index (χ0v) is 9.56. The number of fused-ring (bicyclic) bond motifs is 1. The van der Waals surface area contributed by atoms with E-state index in [1.165, 1.54) is 12.1 Å². The van der Waals surface area contributed by atoms with Gasteiger partial charge < -0.3 is 15.2 Å². The van der Waals surface area contributed by atoms with Crippen LogP contribution in [0.2, 0.25) is 0 Å². The summed E-state index contributed by atoms with van der Waals surface area (Å²) < 4.78 is 24.6. The molecule has 0 spiro atoms. The molecule has 1 aromatic rings. The summed E-state index contributed by atoms with van der Waals surface area (Å²) in [5.41, 5.74) is 6.99. The van der Waals surface area contributed by atoms with E-state index in [0.29, 0.717) is 5.75 Å². The Morgan fingerprint density at radius 3 is 2.94 bits per heavy atom. The molecule has 0 aliphatic carbocycles. The molecule has 0 amide bonds. The quantitative estimate of drug-likeness (QED) is 0.814. The van der Waals surface area contributed by atoms with Crippen LogP contribution < -0.4 is 10.5 Å². The Labute approximate surface area is 99.7 Å². The van der Waals surface area contributed by atoms with Crippen LogP contribution in [0.3, 0.4) is 0 Å². The SMILES string of the molecule is N[C@@H]1CC(C2CCCO2)Oc2cc(F)ccc21. The summed E-state index contributed by atoms with van der Waals surface area (Å²) in [6.07, 6.45) is 2.88. The smallest absolute Gasteiger partial charge is 0.127 e. The van der Waals surface area contributed by atoms with E-state index < -0.39 is 0 Å². The number of hydrogen-bond acceptors (Lipinski definition) is 3. The van der Waals surface area contributed by atoms with Gasteiger partial charge in [-0.05, 0) is 18.9 Å². The molecular weight excluding hydrogens is 221 g/mol. The van der Waals surface area contributed by atoms with Crippen LogP contribution in [0.25, 0.3) is 0 Å². The second kappa shape index (κ2) is 4.27. The van der Waals surface area contributed by atoms with Crippen LogP contribution in [0.15, 0.2) is 18.2 Å². The van der Waals surface area contributed by atoms with Gasteiger partial charge in [0.25, 0.3) is 0 Å². The van der Waals surface area contributed by atoms with Crippen molar-refractivity contribution in [1.29, 1.82) is 0 Å². The van der Waals surface area contributed by atoms with Crippen molar-refractivity contribution < 1.29 is 13.9 Å². The van der Waals surface area contributed by atoms with Crippen LogP contribution in [0.5, 0.6) is 5.75 Å². The Kier molecular flexibility index (Phi) is 2.76. The van der Waals surface area contributed by atoms with Gasteiger partial charge in [-0.1, -0.05) is 6.07 Å². The largest absolute Gasteiger partial charge is 0.487 e. The summed E-state index contributed by atoms with van der Waals surface area (Å²) in [5, 5.41) is 0. The van der Waals surface area contributed by atoms with Crippen molar-refractivity contribution in [2.24, 2.45) is 5.73 Å². The molecule has 0 saturated carbocycles. The maximum absolute atomic E-state index is 13.2.